The number of benzene rings is 4. The van der Waals surface area contributed by atoms with Gasteiger partial charge >= 0.3 is 0 Å². The topological polar surface area (TPSA) is 18.5 Å². The zero-order chi connectivity index (χ0) is 29.9. The van der Waals surface area contributed by atoms with E-state index in [0.29, 0.717) is 35.8 Å². The van der Waals surface area contributed by atoms with E-state index in [1.807, 2.05) is 0 Å². The number of hydrogen-bond acceptors (Lipinski definition) is 2. The molecule has 2 nitrogen and oxygen atoms in total. The molecule has 0 radical (unpaired) electrons. The largest absolute Gasteiger partial charge is 0.494 e. The summed E-state index contributed by atoms with van der Waals surface area (Å²) in [6.45, 7) is 1.16. The predicted molar refractivity (Wildman–Crippen MR) is 151 cm³/mol. The minimum absolute atomic E-state index is 0.263. The van der Waals surface area contributed by atoms with Gasteiger partial charge in [-0.25, -0.2) is 26.3 Å². The molecule has 0 N–H and O–H groups in total. The van der Waals surface area contributed by atoms with Crippen LogP contribution in [0.25, 0.3) is 22.3 Å². The molecule has 0 bridgehead atoms. The van der Waals surface area contributed by atoms with E-state index in [-0.39, 0.29) is 11.1 Å². The third-order valence-corrected chi connectivity index (χ3v) is 6.92. The highest BCUT2D eigenvalue weighted by atomic mass is 19.2. The molecule has 0 heterocycles. The zero-order valence-corrected chi connectivity index (χ0v) is 23.1. The fourth-order valence-corrected chi connectivity index (χ4v) is 4.58. The molecule has 0 aliphatic heterocycles. The summed E-state index contributed by atoms with van der Waals surface area (Å²) in [6, 6.07) is 17.5. The van der Waals surface area contributed by atoms with E-state index in [0.717, 1.165) is 75.6 Å². The van der Waals surface area contributed by atoms with Crippen LogP contribution in [0.15, 0.2) is 72.8 Å². The Morgan fingerprint density at radius 1 is 0.357 bits per heavy atom. The maximum atomic E-state index is 13.5. The standard InChI is InChI=1S/C34H32F6O2/c35-29-19-25(20-30(36)33(29)39)23-9-13-27(14-10-23)41-17-7-5-3-1-2-4-6-8-18-42-28-15-11-24(12-16-28)26-21-31(37)34(40)32(38)22-26/h9-16,19-22H,1-8,17-18H2. The van der Waals surface area contributed by atoms with Crippen LogP contribution in [0.2, 0.25) is 0 Å². The lowest BCUT2D eigenvalue weighted by Gasteiger charge is -2.09. The van der Waals surface area contributed by atoms with E-state index < -0.39 is 34.9 Å². The molecule has 0 spiro atoms. The van der Waals surface area contributed by atoms with Crippen LogP contribution in [0.5, 0.6) is 11.5 Å². The van der Waals surface area contributed by atoms with Crippen molar-refractivity contribution in [2.45, 2.75) is 51.4 Å². The van der Waals surface area contributed by atoms with Gasteiger partial charge in [0.2, 0.25) is 0 Å². The molecule has 0 aromatic heterocycles. The Balaban J connectivity index is 1.02. The third-order valence-electron chi connectivity index (χ3n) is 6.92. The molecule has 0 atom stereocenters. The van der Waals surface area contributed by atoms with Crippen LogP contribution in [-0.4, -0.2) is 13.2 Å². The number of unbranched alkanes of at least 4 members (excludes halogenated alkanes) is 7. The molecule has 0 saturated carbocycles. The minimum atomic E-state index is -1.48. The Kier molecular flexibility index (Phi) is 11.3. The molecule has 0 fully saturated rings. The summed E-state index contributed by atoms with van der Waals surface area (Å²) in [4.78, 5) is 0. The van der Waals surface area contributed by atoms with Gasteiger partial charge in [0, 0.05) is 0 Å². The van der Waals surface area contributed by atoms with Gasteiger partial charge in [0.1, 0.15) is 11.5 Å². The van der Waals surface area contributed by atoms with Crippen LogP contribution in [-0.2, 0) is 0 Å². The second kappa shape index (κ2) is 15.3. The highest BCUT2D eigenvalue weighted by molar-refractivity contribution is 5.65. The maximum Gasteiger partial charge on any atom is 0.194 e. The first-order valence-electron chi connectivity index (χ1n) is 14.1. The van der Waals surface area contributed by atoms with Crippen LogP contribution in [0.3, 0.4) is 0 Å². The van der Waals surface area contributed by atoms with Gasteiger partial charge in [0.15, 0.2) is 34.9 Å². The lowest BCUT2D eigenvalue weighted by Crippen LogP contribution is -1.98. The number of rotatable bonds is 15. The van der Waals surface area contributed by atoms with Gasteiger partial charge in [-0.15, -0.1) is 0 Å². The first-order chi connectivity index (χ1) is 20.3. The van der Waals surface area contributed by atoms with Crippen LogP contribution in [0.4, 0.5) is 26.3 Å². The molecular weight excluding hydrogens is 554 g/mol. The summed E-state index contributed by atoms with van der Waals surface area (Å²) in [5.41, 5.74) is 1.67. The number of ether oxygens (including phenoxy) is 2. The molecule has 8 heteroatoms. The van der Waals surface area contributed by atoms with Crippen molar-refractivity contribution in [3.63, 3.8) is 0 Å². The molecule has 0 aliphatic rings. The summed E-state index contributed by atoms with van der Waals surface area (Å²) >= 11 is 0. The highest BCUT2D eigenvalue weighted by Gasteiger charge is 2.13. The quantitative estimate of drug-likeness (QED) is 0.0784. The van der Waals surface area contributed by atoms with E-state index in [1.54, 1.807) is 48.5 Å². The van der Waals surface area contributed by atoms with Crippen molar-refractivity contribution in [1.29, 1.82) is 0 Å². The number of halogens is 6. The predicted octanol–water partition coefficient (Wildman–Crippen LogP) is 10.4. The van der Waals surface area contributed by atoms with E-state index in [1.165, 1.54) is 0 Å². The average molecular weight is 587 g/mol. The molecule has 4 rings (SSSR count). The molecule has 222 valence electrons. The molecule has 0 saturated heterocycles. The Morgan fingerprint density at radius 3 is 0.952 bits per heavy atom. The molecule has 4 aromatic carbocycles. The summed E-state index contributed by atoms with van der Waals surface area (Å²) in [5, 5.41) is 0. The zero-order valence-electron chi connectivity index (χ0n) is 23.1. The van der Waals surface area contributed by atoms with Crippen molar-refractivity contribution in [3.8, 4) is 33.8 Å². The van der Waals surface area contributed by atoms with Gasteiger partial charge in [0.25, 0.3) is 0 Å². The van der Waals surface area contributed by atoms with Crippen LogP contribution in [0.1, 0.15) is 51.4 Å². The highest BCUT2D eigenvalue weighted by Crippen LogP contribution is 2.27. The smallest absolute Gasteiger partial charge is 0.194 e. The molecule has 42 heavy (non-hydrogen) atoms. The van der Waals surface area contributed by atoms with Crippen LogP contribution in [0, 0.1) is 34.9 Å². The van der Waals surface area contributed by atoms with E-state index in [4.69, 9.17) is 9.47 Å². The monoisotopic (exact) mass is 586 g/mol. The maximum absolute atomic E-state index is 13.5. The van der Waals surface area contributed by atoms with Crippen molar-refractivity contribution in [2.75, 3.05) is 13.2 Å². The molecule has 4 aromatic rings. The minimum Gasteiger partial charge on any atom is -0.494 e. The Labute approximate surface area is 241 Å². The van der Waals surface area contributed by atoms with Crippen LogP contribution < -0.4 is 9.47 Å². The second-order valence-electron chi connectivity index (χ2n) is 10.1. The van der Waals surface area contributed by atoms with E-state index in [2.05, 4.69) is 0 Å². The Morgan fingerprint density at radius 2 is 0.643 bits per heavy atom. The first-order valence-corrected chi connectivity index (χ1v) is 14.1. The third kappa shape index (κ3) is 8.78. The molecule has 0 unspecified atom stereocenters. The second-order valence-corrected chi connectivity index (χ2v) is 10.1. The van der Waals surface area contributed by atoms with Crippen molar-refractivity contribution >= 4 is 0 Å². The van der Waals surface area contributed by atoms with Gasteiger partial charge in [-0.2, -0.15) is 0 Å². The summed E-state index contributed by atoms with van der Waals surface area (Å²) in [7, 11) is 0. The fraction of sp³-hybridized carbons (Fsp3) is 0.294. The van der Waals surface area contributed by atoms with Crippen molar-refractivity contribution in [3.05, 3.63) is 108 Å². The van der Waals surface area contributed by atoms with Gasteiger partial charge in [0.05, 0.1) is 13.2 Å². The van der Waals surface area contributed by atoms with Gasteiger partial charge in [-0.3, -0.25) is 0 Å². The van der Waals surface area contributed by atoms with Crippen molar-refractivity contribution in [1.82, 2.24) is 0 Å². The van der Waals surface area contributed by atoms with Crippen molar-refractivity contribution < 1.29 is 35.8 Å². The first kappa shape index (κ1) is 31.0. The summed E-state index contributed by atoms with van der Waals surface area (Å²) in [6.07, 6.45) is 8.49. The number of hydrogen-bond donors (Lipinski definition) is 0. The lowest BCUT2D eigenvalue weighted by molar-refractivity contribution is 0.301. The molecular formula is C34H32F6O2. The van der Waals surface area contributed by atoms with E-state index >= 15 is 0 Å². The normalized spacial score (nSPS) is 11.1. The molecule has 0 amide bonds. The average Bonchev–Trinajstić information content (AvgIpc) is 2.99. The Hall–Kier alpha value is -3.94. The van der Waals surface area contributed by atoms with Gasteiger partial charge in [-0.05, 0) is 83.6 Å². The summed E-state index contributed by atoms with van der Waals surface area (Å²) < 4.78 is 91.6. The van der Waals surface area contributed by atoms with Crippen LogP contribution >= 0.6 is 0 Å². The SMILES string of the molecule is Fc1cc(-c2ccc(OCCCCCCCCCCOc3ccc(-c4cc(F)c(F)c(F)c4)cc3)cc2)cc(F)c1F. The van der Waals surface area contributed by atoms with Crippen molar-refractivity contribution in [2.24, 2.45) is 0 Å². The lowest BCUT2D eigenvalue weighted by atomic mass is 10.1. The van der Waals surface area contributed by atoms with E-state index in [9.17, 15) is 26.3 Å². The Bertz CT molecular complexity index is 1280. The van der Waals surface area contributed by atoms with Gasteiger partial charge in [-0.1, -0.05) is 62.8 Å². The molecule has 0 aliphatic carbocycles. The fourth-order valence-electron chi connectivity index (χ4n) is 4.58. The van der Waals surface area contributed by atoms with Gasteiger partial charge < -0.3 is 9.47 Å². The summed E-state index contributed by atoms with van der Waals surface area (Å²) in [5.74, 6) is -6.49.